The van der Waals surface area contributed by atoms with Gasteiger partial charge >= 0.3 is 0 Å². The van der Waals surface area contributed by atoms with E-state index in [9.17, 15) is 4.79 Å². The van der Waals surface area contributed by atoms with Gasteiger partial charge in [-0.05, 0) is 57.7 Å². The van der Waals surface area contributed by atoms with Crippen LogP contribution in [-0.2, 0) is 4.79 Å². The first kappa shape index (κ1) is 23.8. The molecule has 0 heterocycles. The molecule has 0 aliphatic heterocycles. The Kier molecular flexibility index (Phi) is 7.56. The number of hydrazine groups is 1. The molecule has 0 aromatic heterocycles. The summed E-state index contributed by atoms with van der Waals surface area (Å²) in [6, 6.07) is 18.5. The summed E-state index contributed by atoms with van der Waals surface area (Å²) in [5.74, 6) is 7.07. The number of aliphatic imine (C=N–C) groups is 1. The maximum absolute atomic E-state index is 12.4. The van der Waals surface area contributed by atoms with Gasteiger partial charge in [-0.3, -0.25) is 19.7 Å². The number of hydrogen-bond acceptors (Lipinski definition) is 4. The molecule has 166 valence electrons. The summed E-state index contributed by atoms with van der Waals surface area (Å²) in [6.45, 7) is 4.17. The minimum Gasteiger partial charge on any atom is -0.397 e. The smallest absolute Gasteiger partial charge is 0.218 e. The Morgan fingerprint density at radius 2 is 1.69 bits per heavy atom. The van der Waals surface area contributed by atoms with E-state index < -0.39 is 0 Å². The summed E-state index contributed by atoms with van der Waals surface area (Å²) in [5.41, 5.74) is 10.2. The van der Waals surface area contributed by atoms with Gasteiger partial charge < -0.3 is 5.73 Å². The van der Waals surface area contributed by atoms with Crippen LogP contribution in [0.15, 0.2) is 70.1 Å². The molecular formula is C24H25BrClN5O. The lowest BCUT2D eigenvalue weighted by molar-refractivity contribution is -0.106. The predicted octanol–water partition coefficient (Wildman–Crippen LogP) is 5.86. The highest BCUT2D eigenvalue weighted by atomic mass is 79.9. The van der Waals surface area contributed by atoms with Crippen LogP contribution in [0.3, 0.4) is 0 Å². The van der Waals surface area contributed by atoms with Gasteiger partial charge in [-0.2, -0.15) is 0 Å². The van der Waals surface area contributed by atoms with Crippen LogP contribution in [0.5, 0.6) is 0 Å². The van der Waals surface area contributed by atoms with E-state index >= 15 is 0 Å². The second kappa shape index (κ2) is 10.2. The Morgan fingerprint density at radius 3 is 2.28 bits per heavy atom. The Balaban J connectivity index is 2.23. The largest absolute Gasteiger partial charge is 0.397 e. The van der Waals surface area contributed by atoms with Crippen LogP contribution >= 0.6 is 27.5 Å². The highest BCUT2D eigenvalue weighted by Gasteiger charge is 2.24. The Hall–Kier alpha value is -2.87. The minimum atomic E-state index is 0.210. The number of nitrogens with two attached hydrogens (primary N) is 2. The quantitative estimate of drug-likeness (QED) is 0.108. The molecular weight excluding hydrogens is 490 g/mol. The van der Waals surface area contributed by atoms with E-state index in [1.807, 2.05) is 36.4 Å². The van der Waals surface area contributed by atoms with E-state index in [0.717, 1.165) is 17.7 Å². The zero-order chi connectivity index (χ0) is 23.4. The summed E-state index contributed by atoms with van der Waals surface area (Å²) in [6.07, 6.45) is 0.783. The van der Waals surface area contributed by atoms with E-state index in [1.165, 1.54) is 5.01 Å². The van der Waals surface area contributed by atoms with Crippen molar-refractivity contribution in [3.05, 3.63) is 81.3 Å². The lowest BCUT2D eigenvalue weighted by atomic mass is 9.99. The van der Waals surface area contributed by atoms with Crippen molar-refractivity contribution in [1.29, 1.82) is 0 Å². The molecule has 4 N–H and O–H groups in total. The fourth-order valence-corrected chi connectivity index (χ4v) is 4.03. The number of carbonyl (C=O) groups excluding carboxylic acids is 1. The lowest BCUT2D eigenvalue weighted by Gasteiger charge is -2.28. The second-order valence-electron chi connectivity index (χ2n) is 7.45. The number of hydrogen-bond donors (Lipinski definition) is 2. The van der Waals surface area contributed by atoms with E-state index in [-0.39, 0.29) is 5.92 Å². The van der Waals surface area contributed by atoms with Crippen LogP contribution in [0.25, 0.3) is 0 Å². The van der Waals surface area contributed by atoms with Gasteiger partial charge in [0.15, 0.2) is 5.84 Å². The first-order valence-corrected chi connectivity index (χ1v) is 11.2. The number of carbonyl (C=O) groups is 1. The second-order valence-corrected chi connectivity index (χ2v) is 8.71. The molecule has 3 aromatic rings. The number of halogens is 2. The molecule has 1 amide bonds. The van der Waals surface area contributed by atoms with Crippen molar-refractivity contribution in [1.82, 2.24) is 0 Å². The van der Waals surface area contributed by atoms with Crippen LogP contribution in [0.1, 0.15) is 30.9 Å². The van der Waals surface area contributed by atoms with Crippen molar-refractivity contribution in [3.63, 3.8) is 0 Å². The van der Waals surface area contributed by atoms with E-state index in [4.69, 9.17) is 23.2 Å². The molecule has 3 aromatic carbocycles. The lowest BCUT2D eigenvalue weighted by Crippen LogP contribution is -2.39. The number of para-hydroxylation sites is 3. The molecule has 0 radical (unpaired) electrons. The SMILES string of the molecule is CN=C(c1cc(Cl)c(Br)cc1N(C=O)c1ccccc1C(C)C)N(N)c1ccccc1N. The molecule has 6 nitrogen and oxygen atoms in total. The standard InChI is InChI=1S/C24H25BrClN5O/c1-15(2)16-8-4-6-10-21(16)30(14-32)23-13-18(25)19(26)12-17(23)24(29-3)31(28)22-11-7-5-9-20(22)27/h4-15H,27-28H2,1-3H3. The van der Waals surface area contributed by atoms with E-state index in [1.54, 1.807) is 36.2 Å². The number of benzene rings is 3. The van der Waals surface area contributed by atoms with E-state index in [2.05, 4.69) is 34.8 Å². The average molecular weight is 515 g/mol. The van der Waals surface area contributed by atoms with Gasteiger partial charge in [-0.25, -0.2) is 5.84 Å². The number of amides is 1. The summed E-state index contributed by atoms with van der Waals surface area (Å²) >= 11 is 9.93. The number of amidine groups is 1. The third-order valence-corrected chi connectivity index (χ3v) is 6.30. The van der Waals surface area contributed by atoms with Gasteiger partial charge in [0.05, 0.1) is 27.8 Å². The fraction of sp³-hybridized carbons (Fsp3) is 0.167. The molecule has 0 bridgehead atoms. The Morgan fingerprint density at radius 1 is 1.06 bits per heavy atom. The van der Waals surface area contributed by atoms with Crippen molar-refractivity contribution in [3.8, 4) is 0 Å². The molecule has 0 fully saturated rings. The molecule has 0 saturated carbocycles. The first-order valence-electron chi connectivity index (χ1n) is 9.99. The van der Waals surface area contributed by atoms with Crippen molar-refractivity contribution in [2.75, 3.05) is 22.7 Å². The third kappa shape index (κ3) is 4.65. The molecule has 0 atom stereocenters. The maximum atomic E-state index is 12.4. The molecule has 8 heteroatoms. The van der Waals surface area contributed by atoms with Gasteiger partial charge in [0.25, 0.3) is 0 Å². The van der Waals surface area contributed by atoms with Gasteiger partial charge in [-0.15, -0.1) is 0 Å². The summed E-state index contributed by atoms with van der Waals surface area (Å²) in [5, 5.41) is 1.86. The van der Waals surface area contributed by atoms with Crippen LogP contribution in [0.4, 0.5) is 22.7 Å². The monoisotopic (exact) mass is 513 g/mol. The van der Waals surface area contributed by atoms with Crippen molar-refractivity contribution < 1.29 is 4.79 Å². The zero-order valence-electron chi connectivity index (χ0n) is 18.1. The molecule has 0 spiro atoms. The van der Waals surface area contributed by atoms with E-state index in [0.29, 0.717) is 38.0 Å². The van der Waals surface area contributed by atoms with Gasteiger partial charge in [0.2, 0.25) is 6.41 Å². The first-order chi connectivity index (χ1) is 15.3. The fourth-order valence-electron chi connectivity index (χ4n) is 3.53. The third-order valence-electron chi connectivity index (χ3n) is 5.10. The number of rotatable bonds is 6. The minimum absolute atomic E-state index is 0.210. The summed E-state index contributed by atoms with van der Waals surface area (Å²) in [7, 11) is 1.63. The topological polar surface area (TPSA) is 88.0 Å². The number of nitrogen functional groups attached to an aromatic ring is 1. The Labute approximate surface area is 201 Å². The molecule has 32 heavy (non-hydrogen) atoms. The van der Waals surface area contributed by atoms with Gasteiger partial charge in [0.1, 0.15) is 0 Å². The predicted molar refractivity (Wildman–Crippen MR) is 138 cm³/mol. The van der Waals surface area contributed by atoms with Crippen molar-refractivity contribution >= 4 is 62.5 Å². The number of nitrogens with zero attached hydrogens (tertiary/aromatic N) is 3. The van der Waals surface area contributed by atoms with Gasteiger partial charge in [-0.1, -0.05) is 55.8 Å². The van der Waals surface area contributed by atoms with Crippen LogP contribution < -0.4 is 21.5 Å². The highest BCUT2D eigenvalue weighted by molar-refractivity contribution is 9.10. The Bertz CT molecular complexity index is 1160. The summed E-state index contributed by atoms with van der Waals surface area (Å²) < 4.78 is 0.644. The van der Waals surface area contributed by atoms with Gasteiger partial charge in [0, 0.05) is 17.1 Å². The van der Waals surface area contributed by atoms with Crippen molar-refractivity contribution in [2.24, 2.45) is 10.8 Å². The number of anilines is 4. The van der Waals surface area contributed by atoms with Crippen LogP contribution in [-0.4, -0.2) is 19.3 Å². The highest BCUT2D eigenvalue weighted by Crippen LogP contribution is 2.38. The average Bonchev–Trinajstić information content (AvgIpc) is 2.78. The molecule has 0 saturated heterocycles. The summed E-state index contributed by atoms with van der Waals surface area (Å²) in [4.78, 5) is 18.4. The van der Waals surface area contributed by atoms with Crippen molar-refractivity contribution in [2.45, 2.75) is 19.8 Å². The molecule has 3 rings (SSSR count). The maximum Gasteiger partial charge on any atom is 0.218 e. The molecule has 0 unspecified atom stereocenters. The zero-order valence-corrected chi connectivity index (χ0v) is 20.4. The van der Waals surface area contributed by atoms with Crippen LogP contribution in [0, 0.1) is 0 Å². The molecule has 0 aliphatic carbocycles. The molecule has 0 aliphatic rings. The normalized spacial score (nSPS) is 11.5. The van der Waals surface area contributed by atoms with Crippen LogP contribution in [0.2, 0.25) is 5.02 Å².